The molecule has 0 saturated heterocycles. The lowest BCUT2D eigenvalue weighted by atomic mass is 10.0. The molecule has 0 N–H and O–H groups in total. The van der Waals surface area contributed by atoms with Gasteiger partial charge in [0.15, 0.2) is 6.17 Å². The predicted molar refractivity (Wildman–Crippen MR) is 79.7 cm³/mol. The van der Waals surface area contributed by atoms with Crippen molar-refractivity contribution in [1.82, 2.24) is 0 Å². The molecule has 0 radical (unpaired) electrons. The monoisotopic (exact) mass is 342 g/mol. The van der Waals surface area contributed by atoms with E-state index in [1.54, 1.807) is 42.5 Å². The normalized spacial score (nSPS) is 12.2. The number of halogens is 3. The average molecular weight is 344 g/mol. The van der Waals surface area contributed by atoms with Gasteiger partial charge in [0.2, 0.25) is 0 Å². The van der Waals surface area contributed by atoms with Crippen LogP contribution >= 0.6 is 27.5 Å². The molecule has 2 rings (SSSR count). The van der Waals surface area contributed by atoms with Crippen molar-refractivity contribution in [3.05, 3.63) is 63.1 Å². The van der Waals surface area contributed by atoms with Crippen molar-refractivity contribution >= 4 is 27.5 Å². The summed E-state index contributed by atoms with van der Waals surface area (Å²) in [7, 11) is 0. The first-order chi connectivity index (χ1) is 9.11. The van der Waals surface area contributed by atoms with Gasteiger partial charge in [-0.2, -0.15) is 0 Å². The van der Waals surface area contributed by atoms with Crippen LogP contribution in [0.2, 0.25) is 5.02 Å². The molecular formula is C15H13BrClFO. The quantitative estimate of drug-likeness (QED) is 0.706. The zero-order chi connectivity index (χ0) is 13.8. The second-order valence-electron chi connectivity index (χ2n) is 4.03. The molecule has 0 fully saturated rings. The molecule has 0 aliphatic rings. The summed E-state index contributed by atoms with van der Waals surface area (Å²) >= 11 is 9.36. The molecule has 2 aromatic carbocycles. The van der Waals surface area contributed by atoms with Crippen molar-refractivity contribution in [2.75, 3.05) is 6.61 Å². The third kappa shape index (κ3) is 3.48. The Morgan fingerprint density at radius 2 is 1.89 bits per heavy atom. The summed E-state index contributed by atoms with van der Waals surface area (Å²) in [5, 5.41) is 0.421. The fourth-order valence-corrected chi connectivity index (χ4v) is 2.38. The van der Waals surface area contributed by atoms with Gasteiger partial charge in [-0.05, 0) is 42.8 Å². The molecule has 0 aliphatic carbocycles. The molecule has 19 heavy (non-hydrogen) atoms. The largest absolute Gasteiger partial charge is 0.494 e. The fourth-order valence-electron chi connectivity index (χ4n) is 1.79. The molecule has 1 atom stereocenters. The topological polar surface area (TPSA) is 9.23 Å². The minimum Gasteiger partial charge on any atom is -0.494 e. The van der Waals surface area contributed by atoms with E-state index in [0.717, 1.165) is 10.2 Å². The van der Waals surface area contributed by atoms with Gasteiger partial charge in [0, 0.05) is 15.1 Å². The molecule has 1 nitrogen and oxygen atoms in total. The van der Waals surface area contributed by atoms with Gasteiger partial charge in [-0.1, -0.05) is 39.7 Å². The minimum atomic E-state index is -1.25. The first-order valence-corrected chi connectivity index (χ1v) is 7.10. The summed E-state index contributed by atoms with van der Waals surface area (Å²) < 4.78 is 20.6. The van der Waals surface area contributed by atoms with Gasteiger partial charge in [0.05, 0.1) is 6.61 Å². The molecule has 0 aromatic heterocycles. The highest BCUT2D eigenvalue weighted by atomic mass is 79.9. The van der Waals surface area contributed by atoms with Crippen LogP contribution in [0.1, 0.15) is 24.2 Å². The SMILES string of the molecule is CCOc1ccc(C(F)c2cc(Br)ccc2Cl)cc1. The van der Waals surface area contributed by atoms with E-state index in [1.165, 1.54) is 0 Å². The van der Waals surface area contributed by atoms with Crippen molar-refractivity contribution in [3.8, 4) is 5.75 Å². The number of hydrogen-bond donors (Lipinski definition) is 0. The Labute approximate surface area is 125 Å². The second-order valence-corrected chi connectivity index (χ2v) is 5.35. The van der Waals surface area contributed by atoms with Crippen molar-refractivity contribution in [3.63, 3.8) is 0 Å². The van der Waals surface area contributed by atoms with E-state index in [-0.39, 0.29) is 0 Å². The van der Waals surface area contributed by atoms with Gasteiger partial charge < -0.3 is 4.74 Å². The zero-order valence-corrected chi connectivity index (χ0v) is 12.7. The summed E-state index contributed by atoms with van der Waals surface area (Å²) in [6.45, 7) is 2.50. The highest BCUT2D eigenvalue weighted by Crippen LogP contribution is 2.34. The number of benzene rings is 2. The molecule has 1 unspecified atom stereocenters. The molecule has 100 valence electrons. The lowest BCUT2D eigenvalue weighted by molar-refractivity contribution is 0.339. The molecule has 0 bridgehead atoms. The Balaban J connectivity index is 2.27. The Kier molecular flexibility index (Phi) is 4.83. The summed E-state index contributed by atoms with van der Waals surface area (Å²) in [5.41, 5.74) is 1.02. The first-order valence-electron chi connectivity index (χ1n) is 5.93. The van der Waals surface area contributed by atoms with E-state index in [0.29, 0.717) is 22.8 Å². The van der Waals surface area contributed by atoms with E-state index in [2.05, 4.69) is 15.9 Å². The smallest absolute Gasteiger partial charge is 0.152 e. The van der Waals surface area contributed by atoms with Gasteiger partial charge in [0.25, 0.3) is 0 Å². The van der Waals surface area contributed by atoms with Crippen molar-refractivity contribution < 1.29 is 9.13 Å². The van der Waals surface area contributed by atoms with Crippen molar-refractivity contribution in [1.29, 1.82) is 0 Å². The van der Waals surface area contributed by atoms with E-state index < -0.39 is 6.17 Å². The van der Waals surface area contributed by atoms with Crippen LogP contribution in [0, 0.1) is 0 Å². The van der Waals surface area contributed by atoms with Gasteiger partial charge >= 0.3 is 0 Å². The van der Waals surface area contributed by atoms with Crippen LogP contribution in [0.5, 0.6) is 5.75 Å². The van der Waals surface area contributed by atoms with Crippen LogP contribution in [0.3, 0.4) is 0 Å². The Morgan fingerprint density at radius 1 is 1.21 bits per heavy atom. The highest BCUT2D eigenvalue weighted by Gasteiger charge is 2.16. The minimum absolute atomic E-state index is 0.421. The third-order valence-electron chi connectivity index (χ3n) is 2.71. The van der Waals surface area contributed by atoms with Crippen LogP contribution in [0.25, 0.3) is 0 Å². The fraction of sp³-hybridized carbons (Fsp3) is 0.200. The summed E-state index contributed by atoms with van der Waals surface area (Å²) in [6.07, 6.45) is -1.25. The van der Waals surface area contributed by atoms with Gasteiger partial charge in [-0.3, -0.25) is 0 Å². The maximum absolute atomic E-state index is 14.5. The number of ether oxygens (including phenoxy) is 1. The lowest BCUT2D eigenvalue weighted by Gasteiger charge is -2.12. The average Bonchev–Trinajstić information content (AvgIpc) is 2.42. The van der Waals surface area contributed by atoms with Crippen LogP contribution in [0.4, 0.5) is 4.39 Å². The molecule has 0 spiro atoms. The van der Waals surface area contributed by atoms with Crippen LogP contribution < -0.4 is 4.74 Å². The highest BCUT2D eigenvalue weighted by molar-refractivity contribution is 9.10. The van der Waals surface area contributed by atoms with Crippen LogP contribution in [-0.2, 0) is 0 Å². The Bertz CT molecular complexity index is 557. The molecule has 0 heterocycles. The molecule has 0 aliphatic heterocycles. The molecular weight excluding hydrogens is 331 g/mol. The third-order valence-corrected chi connectivity index (χ3v) is 3.55. The number of rotatable bonds is 4. The molecule has 0 saturated carbocycles. The number of hydrogen-bond acceptors (Lipinski definition) is 1. The standard InChI is InChI=1S/C15H13BrClFO/c1-2-19-12-6-3-10(4-7-12)15(18)13-9-11(16)5-8-14(13)17/h3-9,15H,2H2,1H3. The van der Waals surface area contributed by atoms with Gasteiger partial charge in [-0.15, -0.1) is 0 Å². The number of alkyl halides is 1. The molecule has 4 heteroatoms. The Hall–Kier alpha value is -1.06. The van der Waals surface area contributed by atoms with Crippen LogP contribution in [0.15, 0.2) is 46.9 Å². The second kappa shape index (κ2) is 6.40. The van der Waals surface area contributed by atoms with E-state index in [9.17, 15) is 4.39 Å². The summed E-state index contributed by atoms with van der Waals surface area (Å²) in [4.78, 5) is 0. The van der Waals surface area contributed by atoms with E-state index >= 15 is 0 Å². The maximum Gasteiger partial charge on any atom is 0.152 e. The molecule has 0 amide bonds. The van der Waals surface area contributed by atoms with Crippen LogP contribution in [-0.4, -0.2) is 6.61 Å². The van der Waals surface area contributed by atoms with E-state index in [4.69, 9.17) is 16.3 Å². The van der Waals surface area contributed by atoms with Crippen molar-refractivity contribution in [2.24, 2.45) is 0 Å². The lowest BCUT2D eigenvalue weighted by Crippen LogP contribution is -1.97. The zero-order valence-electron chi connectivity index (χ0n) is 10.4. The predicted octanol–water partition coefficient (Wildman–Crippen LogP) is 5.56. The summed E-state index contributed by atoms with van der Waals surface area (Å²) in [5.74, 6) is 0.735. The van der Waals surface area contributed by atoms with Gasteiger partial charge in [-0.25, -0.2) is 4.39 Å². The summed E-state index contributed by atoms with van der Waals surface area (Å²) in [6, 6.07) is 12.1. The van der Waals surface area contributed by atoms with Crippen molar-refractivity contribution in [2.45, 2.75) is 13.1 Å². The first kappa shape index (κ1) is 14.4. The Morgan fingerprint density at radius 3 is 2.53 bits per heavy atom. The molecule has 2 aromatic rings. The maximum atomic E-state index is 14.5. The van der Waals surface area contributed by atoms with Gasteiger partial charge in [0.1, 0.15) is 5.75 Å². The van der Waals surface area contributed by atoms with E-state index in [1.807, 2.05) is 6.92 Å².